The first-order valence-corrected chi connectivity index (χ1v) is 12.5. The van der Waals surface area contributed by atoms with Crippen molar-refractivity contribution < 1.29 is 42.9 Å². The smallest absolute Gasteiger partial charge is 0.338 e. The maximum Gasteiger partial charge on any atom is 0.338 e. The second-order valence-electron chi connectivity index (χ2n) is 9.01. The van der Waals surface area contributed by atoms with Crippen molar-refractivity contribution in [3.8, 4) is 11.5 Å². The lowest BCUT2D eigenvalue weighted by atomic mass is 9.95. The normalized spacial score (nSPS) is 23.6. The molecule has 11 nitrogen and oxygen atoms in total. The zero-order chi connectivity index (χ0) is 27.6. The molecule has 4 atom stereocenters. The van der Waals surface area contributed by atoms with Crippen LogP contribution >= 0.6 is 11.8 Å². The van der Waals surface area contributed by atoms with Crippen LogP contribution in [-0.4, -0.2) is 63.5 Å². The van der Waals surface area contributed by atoms with Crippen LogP contribution in [0.1, 0.15) is 36.7 Å². The Hall–Kier alpha value is -3.90. The molecule has 2 saturated heterocycles. The Balaban J connectivity index is 1.50. The topological polar surface area (TPSA) is 152 Å². The molecule has 0 aromatic heterocycles. The molecule has 0 aliphatic carbocycles. The van der Waals surface area contributed by atoms with Crippen molar-refractivity contribution in [1.29, 1.82) is 0 Å². The van der Waals surface area contributed by atoms with Crippen LogP contribution < -0.4 is 15.2 Å². The molecule has 0 saturated carbocycles. The number of carbonyl (C=O) groups excluding carboxylic acids is 5. The van der Waals surface area contributed by atoms with E-state index in [9.17, 15) is 24.0 Å². The number of fused-ring (bicyclic) bond motifs is 1. The lowest BCUT2D eigenvalue weighted by Gasteiger charge is -2.42. The Kier molecular flexibility index (Phi) is 7.74. The number of thioether (sulfide) groups is 1. The van der Waals surface area contributed by atoms with Crippen LogP contribution in [0.3, 0.4) is 0 Å². The standard InChI is InChI=1S/C26H26N2O9S/c1-14(29)36-18-10-9-17(11-19(18)37-15(2)30)24(32)35-13-26(3)21(28-22(31)20(27)23(28)38-26)25(33)34-12-16-7-5-4-6-8-16/h4-11,20-21,23H,12-13,27H2,1-3H3. The van der Waals surface area contributed by atoms with Gasteiger partial charge >= 0.3 is 23.9 Å². The first-order valence-electron chi connectivity index (χ1n) is 11.6. The molecule has 2 aromatic carbocycles. The highest BCUT2D eigenvalue weighted by Crippen LogP contribution is 2.51. The second-order valence-corrected chi connectivity index (χ2v) is 10.7. The molecule has 1 amide bonds. The number of carbonyl (C=O) groups is 5. The van der Waals surface area contributed by atoms with E-state index < -0.39 is 46.1 Å². The molecular formula is C26H26N2O9S. The molecule has 0 bridgehead atoms. The monoisotopic (exact) mass is 542 g/mol. The molecule has 2 heterocycles. The van der Waals surface area contributed by atoms with E-state index >= 15 is 0 Å². The van der Waals surface area contributed by atoms with E-state index in [0.29, 0.717) is 0 Å². The summed E-state index contributed by atoms with van der Waals surface area (Å²) in [6.07, 6.45) is 0. The third kappa shape index (κ3) is 5.50. The minimum atomic E-state index is -1.05. The zero-order valence-corrected chi connectivity index (χ0v) is 21.7. The molecule has 2 aliphatic rings. The van der Waals surface area contributed by atoms with E-state index in [1.807, 2.05) is 30.3 Å². The Labute approximate surface area is 222 Å². The summed E-state index contributed by atoms with van der Waals surface area (Å²) in [5.41, 5.74) is 6.76. The van der Waals surface area contributed by atoms with Gasteiger partial charge in [0.1, 0.15) is 30.7 Å². The van der Waals surface area contributed by atoms with Gasteiger partial charge in [-0.3, -0.25) is 14.4 Å². The van der Waals surface area contributed by atoms with Crippen molar-refractivity contribution >= 4 is 41.5 Å². The van der Waals surface area contributed by atoms with Crippen LogP contribution in [0.15, 0.2) is 48.5 Å². The molecule has 200 valence electrons. The summed E-state index contributed by atoms with van der Waals surface area (Å²) in [4.78, 5) is 62.8. The van der Waals surface area contributed by atoms with E-state index in [1.54, 1.807) is 6.92 Å². The molecule has 4 rings (SSSR count). The number of rotatable bonds is 8. The molecule has 12 heteroatoms. The van der Waals surface area contributed by atoms with E-state index in [2.05, 4.69) is 0 Å². The average Bonchev–Trinajstić information content (AvgIpc) is 3.17. The predicted molar refractivity (Wildman–Crippen MR) is 134 cm³/mol. The van der Waals surface area contributed by atoms with Crippen LogP contribution in [-0.2, 0) is 35.3 Å². The minimum Gasteiger partial charge on any atom is -0.461 e. The predicted octanol–water partition coefficient (Wildman–Crippen LogP) is 1.81. The fourth-order valence-electron chi connectivity index (χ4n) is 4.23. The molecule has 0 spiro atoms. The second kappa shape index (κ2) is 10.8. The molecule has 4 unspecified atom stereocenters. The molecule has 38 heavy (non-hydrogen) atoms. The van der Waals surface area contributed by atoms with Crippen LogP contribution in [0.25, 0.3) is 0 Å². The van der Waals surface area contributed by atoms with E-state index in [4.69, 9.17) is 24.7 Å². The van der Waals surface area contributed by atoms with Crippen LogP contribution in [0.4, 0.5) is 0 Å². The zero-order valence-electron chi connectivity index (χ0n) is 20.9. The van der Waals surface area contributed by atoms with Crippen LogP contribution in [0, 0.1) is 0 Å². The minimum absolute atomic E-state index is 0.0167. The van der Waals surface area contributed by atoms with E-state index in [0.717, 1.165) is 12.5 Å². The highest BCUT2D eigenvalue weighted by Gasteiger charge is 2.65. The van der Waals surface area contributed by atoms with Gasteiger partial charge in [0.25, 0.3) is 0 Å². The first kappa shape index (κ1) is 27.1. The number of ether oxygens (including phenoxy) is 4. The van der Waals surface area contributed by atoms with Crippen molar-refractivity contribution in [1.82, 2.24) is 4.90 Å². The van der Waals surface area contributed by atoms with Crippen LogP contribution in [0.2, 0.25) is 0 Å². The third-order valence-electron chi connectivity index (χ3n) is 5.99. The number of nitrogens with zero attached hydrogens (tertiary/aromatic N) is 1. The maximum atomic E-state index is 13.2. The average molecular weight is 543 g/mol. The fraction of sp³-hybridized carbons (Fsp3) is 0.346. The van der Waals surface area contributed by atoms with Crippen LogP contribution in [0.5, 0.6) is 11.5 Å². The number of hydrogen-bond acceptors (Lipinski definition) is 11. The summed E-state index contributed by atoms with van der Waals surface area (Å²) in [5, 5.41) is -0.459. The van der Waals surface area contributed by atoms with Crippen molar-refractivity contribution in [2.75, 3.05) is 6.61 Å². The summed E-state index contributed by atoms with van der Waals surface area (Å²) in [7, 11) is 0. The number of esters is 4. The van der Waals surface area contributed by atoms with Gasteiger partial charge in [0.15, 0.2) is 11.5 Å². The van der Waals surface area contributed by atoms with Gasteiger partial charge in [-0.25, -0.2) is 9.59 Å². The van der Waals surface area contributed by atoms with E-state index in [-0.39, 0.29) is 36.2 Å². The van der Waals surface area contributed by atoms with Gasteiger partial charge < -0.3 is 29.6 Å². The molecule has 2 aromatic rings. The SMILES string of the molecule is CC(=O)Oc1ccc(C(=O)OCC2(C)SC3C(N)C(=O)N3C2C(=O)OCc2ccccc2)cc1OC(C)=O. The van der Waals surface area contributed by atoms with Crippen molar-refractivity contribution in [3.63, 3.8) is 0 Å². The third-order valence-corrected chi connectivity index (χ3v) is 7.63. The summed E-state index contributed by atoms with van der Waals surface area (Å²) in [6.45, 7) is 3.81. The lowest BCUT2D eigenvalue weighted by molar-refractivity contribution is -0.164. The number of β-lactam (4-membered cyclic amide) rings is 1. The highest BCUT2D eigenvalue weighted by atomic mass is 32.2. The Morgan fingerprint density at radius 1 is 0.974 bits per heavy atom. The highest BCUT2D eigenvalue weighted by molar-refractivity contribution is 8.01. The van der Waals surface area contributed by atoms with Gasteiger partial charge in [0, 0.05) is 13.8 Å². The quantitative estimate of drug-likeness (QED) is 0.295. The molecule has 2 N–H and O–H groups in total. The number of hydrogen-bond donors (Lipinski definition) is 1. The van der Waals surface area contributed by atoms with Gasteiger partial charge in [0.2, 0.25) is 5.91 Å². The summed E-state index contributed by atoms with van der Waals surface area (Å²) < 4.78 is 20.1. The largest absolute Gasteiger partial charge is 0.461 e. The van der Waals surface area contributed by atoms with Gasteiger partial charge in [-0.1, -0.05) is 30.3 Å². The maximum absolute atomic E-state index is 13.2. The summed E-state index contributed by atoms with van der Waals surface area (Å²) in [5.74, 6) is -3.29. The lowest BCUT2D eigenvalue weighted by Crippen LogP contribution is -2.69. The Morgan fingerprint density at radius 2 is 1.63 bits per heavy atom. The number of benzene rings is 2. The van der Waals surface area contributed by atoms with Gasteiger partial charge in [-0.2, -0.15) is 0 Å². The van der Waals surface area contributed by atoms with Crippen molar-refractivity contribution in [2.45, 2.75) is 49.6 Å². The number of nitrogens with two attached hydrogens (primary N) is 1. The molecule has 2 aliphatic heterocycles. The Bertz CT molecular complexity index is 1280. The van der Waals surface area contributed by atoms with Gasteiger partial charge in [-0.05, 0) is 30.7 Å². The fourth-order valence-corrected chi connectivity index (χ4v) is 5.85. The van der Waals surface area contributed by atoms with Gasteiger partial charge in [0.05, 0.1) is 10.3 Å². The van der Waals surface area contributed by atoms with Gasteiger partial charge in [-0.15, -0.1) is 11.8 Å². The summed E-state index contributed by atoms with van der Waals surface area (Å²) >= 11 is 1.27. The van der Waals surface area contributed by atoms with Crippen molar-refractivity contribution in [2.24, 2.45) is 5.73 Å². The molecular weight excluding hydrogens is 516 g/mol. The molecule has 0 radical (unpaired) electrons. The van der Waals surface area contributed by atoms with E-state index in [1.165, 1.54) is 41.8 Å². The Morgan fingerprint density at radius 3 is 2.29 bits per heavy atom. The van der Waals surface area contributed by atoms with Crippen molar-refractivity contribution in [3.05, 3.63) is 59.7 Å². The number of amides is 1. The molecule has 2 fully saturated rings. The summed E-state index contributed by atoms with van der Waals surface area (Å²) in [6, 6.07) is 11.1. The first-order chi connectivity index (χ1) is 18.0.